The van der Waals surface area contributed by atoms with Crippen LogP contribution < -0.4 is 4.31 Å². The number of hydrogen-bond acceptors (Lipinski definition) is 6. The molecule has 9 heteroatoms. The number of fused-ring (bicyclic) bond motifs is 1. The predicted molar refractivity (Wildman–Crippen MR) is 104 cm³/mol. The predicted octanol–water partition coefficient (Wildman–Crippen LogP) is 3.72. The maximum atomic E-state index is 13.4. The summed E-state index contributed by atoms with van der Waals surface area (Å²) in [5.41, 5.74) is 0.653. The van der Waals surface area contributed by atoms with Crippen LogP contribution >= 0.6 is 0 Å². The highest BCUT2D eigenvalue weighted by atomic mass is 32.2. The Morgan fingerprint density at radius 3 is 2.38 bits per heavy atom. The third-order valence-corrected chi connectivity index (χ3v) is 6.38. The van der Waals surface area contributed by atoms with E-state index in [1.807, 2.05) is 0 Å². The number of carbonyl (C=O) groups is 2. The Morgan fingerprint density at radius 2 is 1.79 bits per heavy atom. The van der Waals surface area contributed by atoms with Gasteiger partial charge in [0.05, 0.1) is 17.7 Å². The molecule has 1 aromatic heterocycles. The molecule has 2 aromatic carbocycles. The fourth-order valence-electron chi connectivity index (χ4n) is 3.18. The van der Waals surface area contributed by atoms with E-state index in [1.54, 1.807) is 6.92 Å². The summed E-state index contributed by atoms with van der Waals surface area (Å²) >= 11 is 0. The lowest BCUT2D eigenvalue weighted by Gasteiger charge is -2.22. The van der Waals surface area contributed by atoms with Gasteiger partial charge in [-0.1, -0.05) is 0 Å². The first-order valence-corrected chi connectivity index (χ1v) is 9.95. The number of anilines is 1. The number of rotatable bonds is 4. The largest absolute Gasteiger partial charge is 0.465 e. The lowest BCUT2D eigenvalue weighted by molar-refractivity contribution is -0.115. The molecule has 0 fully saturated rings. The van der Waals surface area contributed by atoms with E-state index in [0.29, 0.717) is 21.0 Å². The van der Waals surface area contributed by atoms with Crippen molar-refractivity contribution in [1.82, 2.24) is 0 Å². The third-order valence-electron chi connectivity index (χ3n) is 4.41. The minimum absolute atomic E-state index is 0.0136. The van der Waals surface area contributed by atoms with Gasteiger partial charge >= 0.3 is 5.97 Å². The maximum absolute atomic E-state index is 13.4. The van der Waals surface area contributed by atoms with Crippen molar-refractivity contribution in [2.45, 2.75) is 25.7 Å². The van der Waals surface area contributed by atoms with Gasteiger partial charge < -0.3 is 9.15 Å². The molecule has 0 N–H and O–H groups in total. The van der Waals surface area contributed by atoms with E-state index in [-0.39, 0.29) is 21.7 Å². The number of benzene rings is 2. The fraction of sp³-hybridized carbons (Fsp3) is 0.200. The summed E-state index contributed by atoms with van der Waals surface area (Å²) in [5, 5.41) is 0.309. The molecule has 7 nitrogen and oxygen atoms in total. The van der Waals surface area contributed by atoms with Crippen molar-refractivity contribution in [2.75, 3.05) is 11.4 Å². The number of aryl methyl sites for hydroxylation is 2. The SMILES string of the molecule is COC(=O)c1c(C)oc2ccc(N(C(C)=O)S(=O)(=O)c3ccc(F)cc3C)cc12. The first-order valence-electron chi connectivity index (χ1n) is 8.51. The number of sulfonamides is 1. The molecule has 0 aliphatic heterocycles. The van der Waals surface area contributed by atoms with Crippen molar-refractivity contribution in [3.05, 3.63) is 59.1 Å². The van der Waals surface area contributed by atoms with Gasteiger partial charge in [0.25, 0.3) is 10.0 Å². The summed E-state index contributed by atoms with van der Waals surface area (Å²) in [7, 11) is -3.11. The van der Waals surface area contributed by atoms with Crippen LogP contribution in [0.5, 0.6) is 0 Å². The van der Waals surface area contributed by atoms with Crippen LogP contribution in [0.3, 0.4) is 0 Å². The Bertz CT molecular complexity index is 1250. The van der Waals surface area contributed by atoms with Crippen LogP contribution in [-0.2, 0) is 19.6 Å². The number of halogens is 1. The summed E-state index contributed by atoms with van der Waals surface area (Å²) in [6, 6.07) is 7.42. The second kappa shape index (κ2) is 7.32. The van der Waals surface area contributed by atoms with E-state index in [0.717, 1.165) is 25.1 Å². The van der Waals surface area contributed by atoms with Crippen LogP contribution in [0.1, 0.15) is 28.6 Å². The Balaban J connectivity index is 2.23. The highest BCUT2D eigenvalue weighted by Crippen LogP contribution is 2.33. The molecule has 0 radical (unpaired) electrons. The van der Waals surface area contributed by atoms with Crippen LogP contribution in [0, 0.1) is 19.7 Å². The molecule has 0 spiro atoms. The van der Waals surface area contributed by atoms with Crippen LogP contribution in [0.4, 0.5) is 10.1 Å². The summed E-state index contributed by atoms with van der Waals surface area (Å²) < 4.78 is 50.7. The van der Waals surface area contributed by atoms with Crippen LogP contribution in [0.15, 0.2) is 45.7 Å². The van der Waals surface area contributed by atoms with E-state index in [2.05, 4.69) is 0 Å². The molecule has 3 rings (SSSR count). The van der Waals surface area contributed by atoms with E-state index in [4.69, 9.17) is 9.15 Å². The van der Waals surface area contributed by atoms with Crippen molar-refractivity contribution in [1.29, 1.82) is 0 Å². The van der Waals surface area contributed by atoms with Crippen LogP contribution in [0.25, 0.3) is 11.0 Å². The molecular formula is C20H18FNO6S. The van der Waals surface area contributed by atoms with E-state index in [9.17, 15) is 22.4 Å². The smallest absolute Gasteiger partial charge is 0.342 e. The van der Waals surface area contributed by atoms with Crippen molar-refractivity contribution < 1.29 is 31.6 Å². The molecule has 0 aliphatic carbocycles. The molecule has 0 unspecified atom stereocenters. The minimum atomic E-state index is -4.33. The topological polar surface area (TPSA) is 93.9 Å². The summed E-state index contributed by atoms with van der Waals surface area (Å²) in [6.45, 7) is 4.11. The number of amides is 1. The second-order valence-electron chi connectivity index (χ2n) is 6.40. The molecular weight excluding hydrogens is 401 g/mol. The van der Waals surface area contributed by atoms with Crippen molar-refractivity contribution in [2.24, 2.45) is 0 Å². The van der Waals surface area contributed by atoms with Gasteiger partial charge in [-0.2, -0.15) is 0 Å². The van der Waals surface area contributed by atoms with E-state index in [1.165, 1.54) is 32.2 Å². The average Bonchev–Trinajstić information content (AvgIpc) is 2.95. The molecule has 3 aromatic rings. The molecule has 29 heavy (non-hydrogen) atoms. The summed E-state index contributed by atoms with van der Waals surface area (Å²) in [4.78, 5) is 24.2. The van der Waals surface area contributed by atoms with Gasteiger partial charge in [0.1, 0.15) is 22.7 Å². The Kier molecular flexibility index (Phi) is 5.18. The zero-order chi connectivity index (χ0) is 21.5. The molecule has 0 atom stereocenters. The quantitative estimate of drug-likeness (QED) is 0.599. The number of esters is 1. The summed E-state index contributed by atoms with van der Waals surface area (Å²) in [5.74, 6) is -1.71. The molecule has 1 heterocycles. The number of furan rings is 1. The van der Waals surface area contributed by atoms with Gasteiger partial charge in [-0.15, -0.1) is 0 Å². The number of hydrogen-bond donors (Lipinski definition) is 0. The molecule has 1 amide bonds. The monoisotopic (exact) mass is 419 g/mol. The van der Waals surface area contributed by atoms with E-state index >= 15 is 0 Å². The van der Waals surface area contributed by atoms with Crippen LogP contribution in [0.2, 0.25) is 0 Å². The lowest BCUT2D eigenvalue weighted by Crippen LogP contribution is -2.35. The van der Waals surface area contributed by atoms with Gasteiger partial charge in [-0.05, 0) is 55.8 Å². The first-order chi connectivity index (χ1) is 13.6. The minimum Gasteiger partial charge on any atom is -0.465 e. The van der Waals surface area contributed by atoms with E-state index < -0.39 is 27.7 Å². The number of nitrogens with zero attached hydrogens (tertiary/aromatic N) is 1. The standard InChI is InChI=1S/C20H18FNO6S/c1-11-9-14(21)5-8-18(11)29(25,26)22(13(3)23)15-6-7-17-16(10-15)19(12(2)28-17)20(24)27-4/h5-10H,1-4H3. The first kappa shape index (κ1) is 20.5. The van der Waals surface area contributed by atoms with Crippen molar-refractivity contribution in [3.63, 3.8) is 0 Å². The highest BCUT2D eigenvalue weighted by Gasteiger charge is 2.31. The van der Waals surface area contributed by atoms with Crippen LogP contribution in [-0.4, -0.2) is 27.4 Å². The number of carbonyl (C=O) groups excluding carboxylic acids is 2. The average molecular weight is 419 g/mol. The van der Waals surface area contributed by atoms with Crippen molar-refractivity contribution in [3.8, 4) is 0 Å². The number of ether oxygens (including phenoxy) is 1. The molecule has 0 bridgehead atoms. The lowest BCUT2D eigenvalue weighted by atomic mass is 10.1. The highest BCUT2D eigenvalue weighted by molar-refractivity contribution is 7.93. The molecule has 0 aliphatic rings. The molecule has 0 saturated heterocycles. The Morgan fingerprint density at radius 1 is 1.10 bits per heavy atom. The zero-order valence-corrected chi connectivity index (χ0v) is 17.0. The zero-order valence-electron chi connectivity index (χ0n) is 16.1. The van der Waals surface area contributed by atoms with Crippen molar-refractivity contribution >= 4 is 38.6 Å². The number of methoxy groups -OCH3 is 1. The summed E-state index contributed by atoms with van der Waals surface area (Å²) in [6.07, 6.45) is 0. The maximum Gasteiger partial charge on any atom is 0.342 e. The fourth-order valence-corrected chi connectivity index (χ4v) is 4.81. The molecule has 0 saturated carbocycles. The Labute approximate surface area is 166 Å². The third kappa shape index (κ3) is 3.49. The van der Waals surface area contributed by atoms with Gasteiger partial charge in [0.15, 0.2) is 0 Å². The van der Waals surface area contributed by atoms with Gasteiger partial charge in [-0.25, -0.2) is 21.9 Å². The Hall–Kier alpha value is -3.20. The molecule has 152 valence electrons. The van der Waals surface area contributed by atoms with Gasteiger partial charge in [-0.3, -0.25) is 4.79 Å². The van der Waals surface area contributed by atoms with Gasteiger partial charge in [0, 0.05) is 12.3 Å². The second-order valence-corrected chi connectivity index (χ2v) is 8.16. The normalized spacial score (nSPS) is 11.5. The van der Waals surface area contributed by atoms with Gasteiger partial charge in [0.2, 0.25) is 5.91 Å².